The van der Waals surface area contributed by atoms with Gasteiger partial charge in [-0.2, -0.15) is 5.10 Å². The molecule has 2 atom stereocenters. The van der Waals surface area contributed by atoms with Gasteiger partial charge in [0.25, 0.3) is 5.56 Å². The lowest BCUT2D eigenvalue weighted by atomic mass is 9.72. The van der Waals surface area contributed by atoms with E-state index < -0.39 is 0 Å². The Morgan fingerprint density at radius 3 is 2.93 bits per heavy atom. The topological polar surface area (TPSA) is 101 Å². The fraction of sp³-hybridized carbons (Fsp3) is 0.400. The zero-order chi connectivity index (χ0) is 19.7. The highest BCUT2D eigenvalue weighted by Crippen LogP contribution is 2.42. The molecule has 3 aromatic heterocycles. The number of nitrogens with one attached hydrogen (secondary N) is 1. The van der Waals surface area contributed by atoms with Crippen LogP contribution in [0.5, 0.6) is 0 Å². The summed E-state index contributed by atoms with van der Waals surface area (Å²) in [6.45, 7) is 4.03. The van der Waals surface area contributed by atoms with Gasteiger partial charge in [0.1, 0.15) is 17.0 Å². The van der Waals surface area contributed by atoms with Crippen molar-refractivity contribution in [3.05, 3.63) is 46.4 Å². The van der Waals surface area contributed by atoms with Crippen molar-refractivity contribution in [2.45, 2.75) is 39.0 Å². The van der Waals surface area contributed by atoms with Crippen LogP contribution in [-0.2, 0) is 0 Å². The molecule has 0 bridgehead atoms. The number of aliphatic imine (C=N–C) groups is 2. The van der Waals surface area contributed by atoms with Crippen LogP contribution in [-0.4, -0.2) is 43.8 Å². The lowest BCUT2D eigenvalue weighted by Gasteiger charge is -2.35. The molecule has 28 heavy (non-hydrogen) atoms. The van der Waals surface area contributed by atoms with E-state index in [0.717, 1.165) is 36.3 Å². The molecule has 0 radical (unpaired) electrons. The fourth-order valence-electron chi connectivity index (χ4n) is 3.61. The van der Waals surface area contributed by atoms with Crippen LogP contribution in [0.15, 0.2) is 39.4 Å². The zero-order valence-corrected chi connectivity index (χ0v) is 16.3. The maximum absolute atomic E-state index is 12.7. The minimum Gasteiger partial charge on any atom is -0.310 e. The SMILES string of the molecule is CCC=NC(=NC)C1CCC1c1nc2c(cnn2-c2cnccc2C)c(=O)[nH]1. The van der Waals surface area contributed by atoms with Gasteiger partial charge in [0.15, 0.2) is 5.65 Å². The van der Waals surface area contributed by atoms with Crippen LogP contribution in [0.25, 0.3) is 16.7 Å². The van der Waals surface area contributed by atoms with Crippen molar-refractivity contribution < 1.29 is 0 Å². The molecule has 144 valence electrons. The van der Waals surface area contributed by atoms with E-state index >= 15 is 0 Å². The monoisotopic (exact) mass is 377 g/mol. The van der Waals surface area contributed by atoms with Crippen molar-refractivity contribution in [3.8, 4) is 5.69 Å². The molecule has 0 spiro atoms. The molecular weight excluding hydrogens is 354 g/mol. The molecule has 1 aliphatic carbocycles. The van der Waals surface area contributed by atoms with Gasteiger partial charge in [0.2, 0.25) is 0 Å². The van der Waals surface area contributed by atoms with Crippen molar-refractivity contribution in [2.75, 3.05) is 7.05 Å². The van der Waals surface area contributed by atoms with E-state index in [-0.39, 0.29) is 17.4 Å². The molecule has 8 nitrogen and oxygen atoms in total. The van der Waals surface area contributed by atoms with Crippen LogP contribution in [0.1, 0.15) is 43.5 Å². The van der Waals surface area contributed by atoms with E-state index in [4.69, 9.17) is 4.98 Å². The van der Waals surface area contributed by atoms with Crippen molar-refractivity contribution in [1.29, 1.82) is 0 Å². The number of hydrogen-bond acceptors (Lipinski definition) is 5. The van der Waals surface area contributed by atoms with Gasteiger partial charge in [-0.1, -0.05) is 6.92 Å². The molecule has 0 aromatic carbocycles. The van der Waals surface area contributed by atoms with Crippen LogP contribution in [0, 0.1) is 12.8 Å². The predicted molar refractivity (Wildman–Crippen MR) is 110 cm³/mol. The maximum atomic E-state index is 12.7. The van der Waals surface area contributed by atoms with E-state index in [2.05, 4.69) is 25.1 Å². The average molecular weight is 377 g/mol. The number of pyridine rings is 1. The third kappa shape index (κ3) is 3.04. The molecule has 2 unspecified atom stereocenters. The van der Waals surface area contributed by atoms with Crippen LogP contribution in [0.2, 0.25) is 0 Å². The van der Waals surface area contributed by atoms with Crippen molar-refractivity contribution in [1.82, 2.24) is 24.7 Å². The van der Waals surface area contributed by atoms with Crippen LogP contribution >= 0.6 is 0 Å². The van der Waals surface area contributed by atoms with Gasteiger partial charge in [-0.25, -0.2) is 14.7 Å². The number of amidine groups is 1. The molecule has 3 heterocycles. The highest BCUT2D eigenvalue weighted by molar-refractivity contribution is 5.92. The number of nitrogens with zero attached hydrogens (tertiary/aromatic N) is 6. The predicted octanol–water partition coefficient (Wildman–Crippen LogP) is 2.81. The molecule has 0 amide bonds. The van der Waals surface area contributed by atoms with E-state index in [0.29, 0.717) is 16.9 Å². The summed E-state index contributed by atoms with van der Waals surface area (Å²) in [5.41, 5.74) is 2.20. The minimum atomic E-state index is -0.175. The first-order valence-electron chi connectivity index (χ1n) is 9.52. The summed E-state index contributed by atoms with van der Waals surface area (Å²) < 4.78 is 1.69. The number of rotatable bonds is 4. The summed E-state index contributed by atoms with van der Waals surface area (Å²) in [5.74, 6) is 1.76. The number of aromatic amines is 1. The standard InChI is InChI=1S/C20H23N7O/c1-4-8-23-17(21-3)13-5-6-14(13)18-25-19-15(20(28)26-18)10-24-27(19)16-11-22-9-7-12(16)2/h7-11,13-14H,4-6H2,1-3H3,(H,25,26,28). The Morgan fingerprint density at radius 2 is 2.25 bits per heavy atom. The first-order chi connectivity index (χ1) is 13.6. The summed E-state index contributed by atoms with van der Waals surface area (Å²) >= 11 is 0. The second kappa shape index (κ2) is 7.46. The molecule has 0 saturated heterocycles. The van der Waals surface area contributed by atoms with Gasteiger partial charge >= 0.3 is 0 Å². The Balaban J connectivity index is 1.77. The zero-order valence-electron chi connectivity index (χ0n) is 16.3. The molecule has 8 heteroatoms. The van der Waals surface area contributed by atoms with E-state index in [1.54, 1.807) is 30.3 Å². The van der Waals surface area contributed by atoms with Gasteiger partial charge in [-0.05, 0) is 37.8 Å². The van der Waals surface area contributed by atoms with Crippen molar-refractivity contribution in [2.24, 2.45) is 15.9 Å². The van der Waals surface area contributed by atoms with Gasteiger partial charge in [-0.3, -0.25) is 14.8 Å². The maximum Gasteiger partial charge on any atom is 0.262 e. The van der Waals surface area contributed by atoms with Crippen LogP contribution < -0.4 is 5.56 Å². The second-order valence-electron chi connectivity index (χ2n) is 7.00. The number of H-pyrrole nitrogens is 1. The van der Waals surface area contributed by atoms with Gasteiger partial charge in [0.05, 0.1) is 18.1 Å². The highest BCUT2D eigenvalue weighted by Gasteiger charge is 2.37. The van der Waals surface area contributed by atoms with Crippen LogP contribution in [0.4, 0.5) is 0 Å². The summed E-state index contributed by atoms with van der Waals surface area (Å²) in [4.78, 5) is 33.4. The Morgan fingerprint density at radius 1 is 1.39 bits per heavy atom. The minimum absolute atomic E-state index is 0.100. The summed E-state index contributed by atoms with van der Waals surface area (Å²) in [6, 6.07) is 1.91. The van der Waals surface area contributed by atoms with Crippen LogP contribution in [0.3, 0.4) is 0 Å². The van der Waals surface area contributed by atoms with Crippen molar-refractivity contribution in [3.63, 3.8) is 0 Å². The largest absolute Gasteiger partial charge is 0.310 e. The summed E-state index contributed by atoms with van der Waals surface area (Å²) in [5, 5.41) is 4.86. The first kappa shape index (κ1) is 18.2. The quantitative estimate of drug-likeness (QED) is 0.558. The van der Waals surface area contributed by atoms with E-state index in [1.807, 2.05) is 26.1 Å². The second-order valence-corrected chi connectivity index (χ2v) is 7.00. The Bertz CT molecular complexity index is 1130. The molecule has 4 rings (SSSR count). The number of aryl methyl sites for hydroxylation is 1. The number of hydrogen-bond donors (Lipinski definition) is 1. The average Bonchev–Trinajstić information content (AvgIpc) is 3.08. The van der Waals surface area contributed by atoms with Gasteiger partial charge < -0.3 is 4.98 Å². The Hall–Kier alpha value is -3.16. The molecule has 0 aliphatic heterocycles. The molecule has 3 aromatic rings. The van der Waals surface area contributed by atoms with E-state index in [9.17, 15) is 4.79 Å². The fourth-order valence-corrected chi connectivity index (χ4v) is 3.61. The first-order valence-corrected chi connectivity index (χ1v) is 9.52. The molecule has 1 saturated carbocycles. The normalized spacial score (nSPS) is 20.0. The highest BCUT2D eigenvalue weighted by atomic mass is 16.1. The summed E-state index contributed by atoms with van der Waals surface area (Å²) in [6.07, 6.45) is 9.69. The molecular formula is C20H23N7O. The molecule has 1 fully saturated rings. The van der Waals surface area contributed by atoms with Gasteiger partial charge in [0, 0.05) is 31.3 Å². The lowest BCUT2D eigenvalue weighted by Crippen LogP contribution is -2.33. The Labute approximate surface area is 162 Å². The lowest BCUT2D eigenvalue weighted by molar-refractivity contribution is 0.323. The van der Waals surface area contributed by atoms with Gasteiger partial charge in [-0.15, -0.1) is 0 Å². The third-order valence-electron chi connectivity index (χ3n) is 5.29. The molecule has 1 N–H and O–H groups in total. The molecule has 1 aliphatic rings. The number of fused-ring (bicyclic) bond motifs is 1. The van der Waals surface area contributed by atoms with E-state index in [1.165, 1.54) is 0 Å². The smallest absolute Gasteiger partial charge is 0.262 e. The van der Waals surface area contributed by atoms with Crippen molar-refractivity contribution >= 4 is 23.1 Å². The number of aromatic nitrogens is 5. The summed E-state index contributed by atoms with van der Waals surface area (Å²) in [7, 11) is 1.76. The Kier molecular flexibility index (Phi) is 4.85. The third-order valence-corrected chi connectivity index (χ3v) is 5.29.